The third-order valence-electron chi connectivity index (χ3n) is 10.7. The van der Waals surface area contributed by atoms with Crippen molar-refractivity contribution in [1.29, 1.82) is 0 Å². The Morgan fingerprint density at radius 2 is 1.88 bits per heavy atom. The van der Waals surface area contributed by atoms with Crippen molar-refractivity contribution in [2.75, 3.05) is 0 Å². The van der Waals surface area contributed by atoms with Crippen molar-refractivity contribution in [2.45, 2.75) is 105 Å². The summed E-state index contributed by atoms with van der Waals surface area (Å²) >= 11 is 0. The lowest BCUT2D eigenvalue weighted by atomic mass is 9.49. The van der Waals surface area contributed by atoms with Crippen LogP contribution in [0.2, 0.25) is 0 Å². The van der Waals surface area contributed by atoms with E-state index < -0.39 is 0 Å². The fourth-order valence-corrected chi connectivity index (χ4v) is 8.36. The smallest absolute Gasteiger partial charge is 0.302 e. The van der Waals surface area contributed by atoms with Gasteiger partial charge in [-0.15, -0.1) is 0 Å². The SMILES string of the molecule is CC(=O)O[C@H]1CC[C@@]2(C)C(=CC=C3[C@@H]4CC[C@H]([C@H](C)/C=C/[C@H](C)C(C)C)[C@@]4(C)CC4O[C@@]342)C1. The molecule has 3 nitrogen and oxygen atoms in total. The van der Waals surface area contributed by atoms with E-state index in [1.165, 1.54) is 31.8 Å². The monoisotopic (exact) mass is 452 g/mol. The molecule has 9 atom stereocenters. The maximum absolute atomic E-state index is 11.5. The maximum atomic E-state index is 11.5. The van der Waals surface area contributed by atoms with Crippen LogP contribution in [0.15, 0.2) is 35.5 Å². The van der Waals surface area contributed by atoms with Crippen LogP contribution in [0.4, 0.5) is 0 Å². The van der Waals surface area contributed by atoms with Crippen molar-refractivity contribution < 1.29 is 14.3 Å². The van der Waals surface area contributed by atoms with E-state index in [1.54, 1.807) is 5.57 Å². The second-order valence-electron chi connectivity index (χ2n) is 12.8. The fourth-order valence-electron chi connectivity index (χ4n) is 8.36. The first-order valence-corrected chi connectivity index (χ1v) is 13.5. The summed E-state index contributed by atoms with van der Waals surface area (Å²) in [5.41, 5.74) is 3.30. The molecular weight excluding hydrogens is 408 g/mol. The Balaban J connectivity index is 1.41. The van der Waals surface area contributed by atoms with Crippen LogP contribution >= 0.6 is 0 Å². The molecule has 0 aromatic heterocycles. The van der Waals surface area contributed by atoms with E-state index in [2.05, 4.69) is 65.8 Å². The molecule has 4 fully saturated rings. The maximum Gasteiger partial charge on any atom is 0.302 e. The van der Waals surface area contributed by atoms with Gasteiger partial charge in [-0.3, -0.25) is 4.79 Å². The number of rotatable bonds is 5. The molecule has 4 aliphatic carbocycles. The van der Waals surface area contributed by atoms with Gasteiger partial charge in [-0.25, -0.2) is 0 Å². The van der Waals surface area contributed by atoms with Gasteiger partial charge in [0, 0.05) is 18.8 Å². The van der Waals surface area contributed by atoms with Gasteiger partial charge in [0.1, 0.15) is 11.7 Å². The average Bonchev–Trinajstić information content (AvgIpc) is 3.36. The number of carbonyl (C=O) groups is 1. The van der Waals surface area contributed by atoms with Crippen LogP contribution in [-0.4, -0.2) is 23.8 Å². The van der Waals surface area contributed by atoms with E-state index in [1.807, 2.05) is 0 Å². The van der Waals surface area contributed by atoms with Gasteiger partial charge in [0.15, 0.2) is 0 Å². The quantitative estimate of drug-likeness (QED) is 0.255. The highest BCUT2D eigenvalue weighted by molar-refractivity contribution is 5.66. The second-order valence-corrected chi connectivity index (χ2v) is 12.8. The number of fused-ring (bicyclic) bond motifs is 3. The molecule has 3 saturated carbocycles. The molecular formula is C30H44O3. The Kier molecular flexibility index (Phi) is 5.55. The molecule has 182 valence electrons. The third-order valence-corrected chi connectivity index (χ3v) is 10.7. The minimum atomic E-state index is -0.161. The first-order valence-electron chi connectivity index (χ1n) is 13.5. The van der Waals surface area contributed by atoms with Crippen molar-refractivity contribution in [3.8, 4) is 0 Å². The number of hydrogen-bond donors (Lipinski definition) is 0. The summed E-state index contributed by atoms with van der Waals surface area (Å²) in [5.74, 6) is 3.12. The van der Waals surface area contributed by atoms with Crippen LogP contribution in [0.5, 0.6) is 0 Å². The molecule has 0 bridgehead atoms. The highest BCUT2D eigenvalue weighted by Gasteiger charge is 2.77. The number of ether oxygens (including phenoxy) is 2. The minimum absolute atomic E-state index is 0.0240. The molecule has 5 rings (SSSR count). The molecule has 0 aromatic rings. The molecule has 1 saturated heterocycles. The van der Waals surface area contributed by atoms with Crippen LogP contribution in [-0.2, 0) is 14.3 Å². The summed E-state index contributed by atoms with van der Waals surface area (Å²) < 4.78 is 12.4. The van der Waals surface area contributed by atoms with Gasteiger partial charge in [-0.05, 0) is 72.7 Å². The Hall–Kier alpha value is -1.35. The zero-order valence-electron chi connectivity index (χ0n) is 21.8. The van der Waals surface area contributed by atoms with Crippen molar-refractivity contribution in [3.05, 3.63) is 35.5 Å². The van der Waals surface area contributed by atoms with Crippen LogP contribution in [0, 0.1) is 40.4 Å². The third kappa shape index (κ3) is 3.35. The van der Waals surface area contributed by atoms with E-state index in [-0.39, 0.29) is 23.1 Å². The first kappa shape index (κ1) is 23.4. The number of hydrogen-bond acceptors (Lipinski definition) is 3. The van der Waals surface area contributed by atoms with Gasteiger partial charge in [0.05, 0.1) is 6.10 Å². The zero-order valence-corrected chi connectivity index (χ0v) is 21.8. The van der Waals surface area contributed by atoms with Crippen LogP contribution in [0.25, 0.3) is 0 Å². The summed E-state index contributed by atoms with van der Waals surface area (Å²) in [7, 11) is 0. The predicted octanol–water partition coefficient (Wildman–Crippen LogP) is 7.03. The summed E-state index contributed by atoms with van der Waals surface area (Å²) in [6.45, 7) is 15.9. The normalized spacial score (nSPS) is 45.3. The van der Waals surface area contributed by atoms with E-state index in [9.17, 15) is 4.79 Å². The molecule has 3 heteroatoms. The topological polar surface area (TPSA) is 38.8 Å². The molecule has 0 N–H and O–H groups in total. The number of allylic oxidation sites excluding steroid dienone is 4. The molecule has 0 amide bonds. The first-order chi connectivity index (χ1) is 15.5. The lowest BCUT2D eigenvalue weighted by Crippen LogP contribution is -2.53. The molecule has 1 spiro atoms. The Bertz CT molecular complexity index is 912. The highest BCUT2D eigenvalue weighted by atomic mass is 16.6. The summed E-state index contributed by atoms with van der Waals surface area (Å²) in [5, 5.41) is 0. The van der Waals surface area contributed by atoms with Gasteiger partial charge in [0.2, 0.25) is 0 Å². The predicted molar refractivity (Wildman–Crippen MR) is 133 cm³/mol. The van der Waals surface area contributed by atoms with Crippen LogP contribution in [0.1, 0.15) is 87.0 Å². The van der Waals surface area contributed by atoms with Gasteiger partial charge in [-0.2, -0.15) is 0 Å². The van der Waals surface area contributed by atoms with Gasteiger partial charge < -0.3 is 9.47 Å². The summed E-state index contributed by atoms with van der Waals surface area (Å²) in [6, 6.07) is 0. The van der Waals surface area contributed by atoms with Gasteiger partial charge >= 0.3 is 5.97 Å². The van der Waals surface area contributed by atoms with E-state index >= 15 is 0 Å². The number of epoxide rings is 1. The Morgan fingerprint density at radius 1 is 1.12 bits per heavy atom. The lowest BCUT2D eigenvalue weighted by Gasteiger charge is -2.53. The molecule has 5 aliphatic rings. The van der Waals surface area contributed by atoms with Crippen molar-refractivity contribution >= 4 is 5.97 Å². The molecule has 1 heterocycles. The Morgan fingerprint density at radius 3 is 2.58 bits per heavy atom. The minimum Gasteiger partial charge on any atom is -0.462 e. The second kappa shape index (κ2) is 7.83. The largest absolute Gasteiger partial charge is 0.462 e. The van der Waals surface area contributed by atoms with Crippen molar-refractivity contribution in [3.63, 3.8) is 0 Å². The van der Waals surface area contributed by atoms with E-state index in [0.717, 1.165) is 25.2 Å². The molecule has 33 heavy (non-hydrogen) atoms. The fraction of sp³-hybridized carbons (Fsp3) is 0.767. The highest BCUT2D eigenvalue weighted by Crippen LogP contribution is 2.74. The Labute approximate surface area is 201 Å². The summed E-state index contributed by atoms with van der Waals surface area (Å²) in [4.78, 5) is 11.5. The number of esters is 1. The van der Waals surface area contributed by atoms with E-state index in [0.29, 0.717) is 35.2 Å². The molecule has 1 unspecified atom stereocenters. The standard InChI is InChI=1S/C30H44O3/c1-18(2)19(3)8-9-20(4)24-12-13-25-26-11-10-22-16-23(32-21(5)31)14-15-29(22,7)30(26)27(33-30)17-28(24,25)6/h8-11,18-20,23-25,27H,12-17H2,1-7H3/b9-8+/t19-,20+,23-,24+,25-,27?,28+,29-,30-/m0/s1. The molecule has 1 aliphatic heterocycles. The van der Waals surface area contributed by atoms with Gasteiger partial charge in [-0.1, -0.05) is 71.4 Å². The van der Waals surface area contributed by atoms with Crippen LogP contribution in [0.3, 0.4) is 0 Å². The zero-order chi connectivity index (χ0) is 23.8. The van der Waals surface area contributed by atoms with E-state index in [4.69, 9.17) is 9.47 Å². The van der Waals surface area contributed by atoms with Crippen molar-refractivity contribution in [2.24, 2.45) is 40.4 Å². The number of carbonyl (C=O) groups excluding carboxylic acids is 1. The molecule has 0 radical (unpaired) electrons. The molecule has 0 aromatic carbocycles. The van der Waals surface area contributed by atoms with Gasteiger partial charge in [0.25, 0.3) is 0 Å². The average molecular weight is 453 g/mol. The lowest BCUT2D eigenvalue weighted by molar-refractivity contribution is -0.148. The van der Waals surface area contributed by atoms with Crippen LogP contribution < -0.4 is 0 Å². The van der Waals surface area contributed by atoms with Crippen molar-refractivity contribution in [1.82, 2.24) is 0 Å². The summed E-state index contributed by atoms with van der Waals surface area (Å²) in [6.07, 6.45) is 16.8.